The lowest BCUT2D eigenvalue weighted by Crippen LogP contribution is -2.36. The summed E-state index contributed by atoms with van der Waals surface area (Å²) in [5.74, 6) is 0. The van der Waals surface area contributed by atoms with Crippen molar-refractivity contribution in [2.24, 2.45) is 0 Å². The summed E-state index contributed by atoms with van der Waals surface area (Å²) in [4.78, 5) is 2.09. The summed E-state index contributed by atoms with van der Waals surface area (Å²) >= 11 is 0. The summed E-state index contributed by atoms with van der Waals surface area (Å²) in [6.45, 7) is 5.73. The maximum Gasteiger partial charge on any atom is 0.257 e. The van der Waals surface area contributed by atoms with Crippen LogP contribution in [-0.2, 0) is 16.6 Å². The third kappa shape index (κ3) is 4.77. The minimum atomic E-state index is -3.53. The number of rotatable bonds is 9. The zero-order valence-electron chi connectivity index (χ0n) is 12.9. The second kappa shape index (κ2) is 6.87. The predicted octanol–water partition coefficient (Wildman–Crippen LogP) is 0.280. The summed E-state index contributed by atoms with van der Waals surface area (Å²) in [5.41, 5.74) is 0.687. The molecule has 1 fully saturated rings. The first-order valence-electron chi connectivity index (χ1n) is 7.35. The van der Waals surface area contributed by atoms with Crippen LogP contribution in [-0.4, -0.2) is 55.7 Å². The fourth-order valence-corrected chi connectivity index (χ4v) is 3.03. The van der Waals surface area contributed by atoms with Gasteiger partial charge in [0.05, 0.1) is 6.20 Å². The topological polar surface area (TPSA) is 90.1 Å². The minimum Gasteiger partial charge on any atom is -0.310 e. The van der Waals surface area contributed by atoms with E-state index >= 15 is 0 Å². The van der Waals surface area contributed by atoms with Crippen LogP contribution in [0.1, 0.15) is 32.3 Å². The first-order valence-corrected chi connectivity index (χ1v) is 8.84. The number of hydrogen-bond donors (Lipinski definition) is 3. The first-order chi connectivity index (χ1) is 9.90. The quantitative estimate of drug-likeness (QED) is 0.609. The molecule has 1 aromatic rings. The Morgan fingerprint density at radius 3 is 2.81 bits per heavy atom. The van der Waals surface area contributed by atoms with Gasteiger partial charge in [0, 0.05) is 37.3 Å². The summed E-state index contributed by atoms with van der Waals surface area (Å²) in [5, 5.41) is 9.93. The average molecular weight is 315 g/mol. The molecular formula is C13H25N5O2S. The van der Waals surface area contributed by atoms with Gasteiger partial charge in [0.2, 0.25) is 0 Å². The summed E-state index contributed by atoms with van der Waals surface area (Å²) in [6.07, 6.45) is 3.91. The molecule has 7 nitrogen and oxygen atoms in total. The molecule has 0 amide bonds. The van der Waals surface area contributed by atoms with Crippen molar-refractivity contribution in [3.8, 4) is 0 Å². The van der Waals surface area contributed by atoms with E-state index < -0.39 is 10.0 Å². The zero-order valence-corrected chi connectivity index (χ0v) is 13.7. The van der Waals surface area contributed by atoms with Crippen molar-refractivity contribution in [2.75, 3.05) is 20.1 Å². The second-order valence-corrected chi connectivity index (χ2v) is 7.56. The van der Waals surface area contributed by atoms with E-state index in [9.17, 15) is 8.42 Å². The SMILES string of the molecule is CC(C)N(C)CCNS(=O)(=O)c1[nH]ncc1CNC1CC1. The Morgan fingerprint density at radius 2 is 2.19 bits per heavy atom. The molecule has 0 aromatic carbocycles. The predicted molar refractivity (Wildman–Crippen MR) is 81.4 cm³/mol. The van der Waals surface area contributed by atoms with Crippen molar-refractivity contribution in [2.45, 2.75) is 50.3 Å². The molecular weight excluding hydrogens is 290 g/mol. The molecule has 3 N–H and O–H groups in total. The Labute approximate surface area is 126 Å². The van der Waals surface area contributed by atoms with Crippen LogP contribution in [0.4, 0.5) is 0 Å². The van der Waals surface area contributed by atoms with Crippen LogP contribution in [0.2, 0.25) is 0 Å². The highest BCUT2D eigenvalue weighted by atomic mass is 32.2. The summed E-state index contributed by atoms with van der Waals surface area (Å²) in [6, 6.07) is 0.920. The van der Waals surface area contributed by atoms with Gasteiger partial charge in [0.15, 0.2) is 5.03 Å². The molecule has 1 aliphatic rings. The Hall–Kier alpha value is -0.960. The number of likely N-dealkylation sites (N-methyl/N-ethyl adjacent to an activating group) is 1. The van der Waals surface area contributed by atoms with Gasteiger partial charge in [0.1, 0.15) is 0 Å². The van der Waals surface area contributed by atoms with Crippen LogP contribution in [0.3, 0.4) is 0 Å². The fraction of sp³-hybridized carbons (Fsp3) is 0.769. The van der Waals surface area contributed by atoms with Crippen molar-refractivity contribution in [1.29, 1.82) is 0 Å². The Morgan fingerprint density at radius 1 is 1.48 bits per heavy atom. The molecule has 0 unspecified atom stereocenters. The van der Waals surface area contributed by atoms with E-state index in [2.05, 4.69) is 39.0 Å². The summed E-state index contributed by atoms with van der Waals surface area (Å²) < 4.78 is 27.2. The van der Waals surface area contributed by atoms with Gasteiger partial charge in [-0.2, -0.15) is 5.10 Å². The van der Waals surface area contributed by atoms with Crippen LogP contribution in [0.15, 0.2) is 11.2 Å². The number of aromatic nitrogens is 2. The minimum absolute atomic E-state index is 0.169. The van der Waals surface area contributed by atoms with Gasteiger partial charge >= 0.3 is 0 Å². The molecule has 1 heterocycles. The van der Waals surface area contributed by atoms with Crippen molar-refractivity contribution >= 4 is 10.0 Å². The molecule has 0 atom stereocenters. The fourth-order valence-electron chi connectivity index (χ4n) is 1.89. The third-order valence-electron chi connectivity index (χ3n) is 3.74. The molecule has 8 heteroatoms. The number of aromatic amines is 1. The number of nitrogens with zero attached hydrogens (tertiary/aromatic N) is 2. The Balaban J connectivity index is 1.90. The smallest absolute Gasteiger partial charge is 0.257 e. The lowest BCUT2D eigenvalue weighted by atomic mass is 10.3. The Bertz CT molecular complexity index is 551. The van der Waals surface area contributed by atoms with Gasteiger partial charge < -0.3 is 10.2 Å². The van der Waals surface area contributed by atoms with E-state index in [0.29, 0.717) is 37.3 Å². The van der Waals surface area contributed by atoms with E-state index in [1.54, 1.807) is 6.20 Å². The molecule has 0 radical (unpaired) electrons. The molecule has 0 aliphatic heterocycles. The Kier molecular flexibility index (Phi) is 5.37. The van der Waals surface area contributed by atoms with Crippen molar-refractivity contribution < 1.29 is 8.42 Å². The van der Waals surface area contributed by atoms with E-state index in [4.69, 9.17) is 0 Å². The van der Waals surface area contributed by atoms with E-state index in [0.717, 1.165) is 0 Å². The zero-order chi connectivity index (χ0) is 15.5. The molecule has 1 aromatic heterocycles. The molecule has 120 valence electrons. The van der Waals surface area contributed by atoms with Crippen LogP contribution >= 0.6 is 0 Å². The molecule has 2 rings (SSSR count). The van der Waals surface area contributed by atoms with Gasteiger partial charge in [-0.05, 0) is 33.7 Å². The van der Waals surface area contributed by atoms with Gasteiger partial charge in [-0.25, -0.2) is 13.1 Å². The van der Waals surface area contributed by atoms with Crippen LogP contribution in [0.5, 0.6) is 0 Å². The number of nitrogens with one attached hydrogen (secondary N) is 3. The third-order valence-corrected chi connectivity index (χ3v) is 5.22. The highest BCUT2D eigenvalue weighted by molar-refractivity contribution is 7.89. The molecule has 0 bridgehead atoms. The van der Waals surface area contributed by atoms with Crippen molar-refractivity contribution in [3.05, 3.63) is 11.8 Å². The van der Waals surface area contributed by atoms with Crippen molar-refractivity contribution in [3.63, 3.8) is 0 Å². The molecule has 0 saturated heterocycles. The molecule has 21 heavy (non-hydrogen) atoms. The van der Waals surface area contributed by atoms with Gasteiger partial charge in [0.25, 0.3) is 10.0 Å². The first kappa shape index (κ1) is 16.4. The van der Waals surface area contributed by atoms with Crippen molar-refractivity contribution in [1.82, 2.24) is 25.1 Å². The number of hydrogen-bond acceptors (Lipinski definition) is 5. The number of sulfonamides is 1. The highest BCUT2D eigenvalue weighted by Gasteiger charge is 2.24. The van der Waals surface area contributed by atoms with E-state index in [1.165, 1.54) is 12.8 Å². The lowest BCUT2D eigenvalue weighted by Gasteiger charge is -2.20. The molecule has 1 saturated carbocycles. The van der Waals surface area contributed by atoms with E-state index in [-0.39, 0.29) is 5.03 Å². The number of H-pyrrole nitrogens is 1. The van der Waals surface area contributed by atoms with Gasteiger partial charge in [-0.1, -0.05) is 0 Å². The van der Waals surface area contributed by atoms with Gasteiger partial charge in [-0.15, -0.1) is 0 Å². The van der Waals surface area contributed by atoms with Crippen LogP contribution in [0.25, 0.3) is 0 Å². The highest BCUT2D eigenvalue weighted by Crippen LogP contribution is 2.20. The standard InChI is InChI=1S/C13H25N5O2S/c1-10(2)18(3)7-6-16-21(19,20)13-11(9-15-17-13)8-14-12-4-5-12/h9-10,12,14,16H,4-8H2,1-3H3,(H,15,17). The molecule has 1 aliphatic carbocycles. The largest absolute Gasteiger partial charge is 0.310 e. The lowest BCUT2D eigenvalue weighted by molar-refractivity contribution is 0.278. The van der Waals surface area contributed by atoms with Gasteiger partial charge in [-0.3, -0.25) is 5.10 Å². The maximum absolute atomic E-state index is 12.3. The van der Waals surface area contributed by atoms with Crippen LogP contribution in [0, 0.1) is 0 Å². The normalized spacial score (nSPS) is 16.0. The monoisotopic (exact) mass is 315 g/mol. The van der Waals surface area contributed by atoms with Crippen LogP contribution < -0.4 is 10.0 Å². The maximum atomic E-state index is 12.3. The second-order valence-electron chi connectivity index (χ2n) is 5.85. The molecule has 0 spiro atoms. The summed E-state index contributed by atoms with van der Waals surface area (Å²) in [7, 11) is -1.56. The average Bonchev–Trinajstić information content (AvgIpc) is 3.11. The van der Waals surface area contributed by atoms with E-state index in [1.807, 2.05) is 7.05 Å².